The summed E-state index contributed by atoms with van der Waals surface area (Å²) in [4.78, 5) is 5.70. The standard InChI is InChI=1S/C11H17F3N4/c1-10(2,3)7-17-4-5-18-8(6-17)15-9(16-18)11(12,13)14/h4-7H2,1-3H3. The Bertz CT molecular complexity index is 430. The predicted octanol–water partition coefficient (Wildman–Crippen LogP) is 2.16. The third-order valence-corrected chi connectivity index (χ3v) is 2.69. The SMILES string of the molecule is CC(C)(C)CN1CCn2nc(C(F)(F)F)nc2C1. The molecule has 0 N–H and O–H groups in total. The number of rotatable bonds is 1. The van der Waals surface area contributed by atoms with Crippen molar-refractivity contribution in [1.82, 2.24) is 19.7 Å². The van der Waals surface area contributed by atoms with E-state index in [1.165, 1.54) is 4.68 Å². The van der Waals surface area contributed by atoms with Crippen LogP contribution in [0.5, 0.6) is 0 Å². The van der Waals surface area contributed by atoms with Crippen molar-refractivity contribution < 1.29 is 13.2 Å². The van der Waals surface area contributed by atoms with Crippen molar-refractivity contribution >= 4 is 0 Å². The maximum absolute atomic E-state index is 12.5. The third kappa shape index (κ3) is 3.01. The van der Waals surface area contributed by atoms with Gasteiger partial charge in [0.2, 0.25) is 0 Å². The number of aromatic nitrogens is 3. The quantitative estimate of drug-likeness (QED) is 0.777. The molecule has 0 aromatic carbocycles. The number of alkyl halides is 3. The molecule has 0 fully saturated rings. The molecule has 1 aliphatic rings. The van der Waals surface area contributed by atoms with E-state index in [4.69, 9.17) is 0 Å². The normalized spacial score (nSPS) is 17.9. The molecule has 0 aliphatic carbocycles. The van der Waals surface area contributed by atoms with E-state index in [9.17, 15) is 13.2 Å². The zero-order valence-corrected chi connectivity index (χ0v) is 10.8. The van der Waals surface area contributed by atoms with Crippen molar-refractivity contribution in [1.29, 1.82) is 0 Å². The Morgan fingerprint density at radius 3 is 2.39 bits per heavy atom. The summed E-state index contributed by atoms with van der Waals surface area (Å²) in [6.07, 6.45) is -4.46. The lowest BCUT2D eigenvalue weighted by atomic mass is 9.96. The average Bonchev–Trinajstić information content (AvgIpc) is 2.57. The highest BCUT2D eigenvalue weighted by Gasteiger charge is 2.38. The summed E-state index contributed by atoms with van der Waals surface area (Å²) in [5, 5.41) is 3.51. The van der Waals surface area contributed by atoms with E-state index in [0.717, 1.165) is 6.54 Å². The van der Waals surface area contributed by atoms with Gasteiger partial charge in [0.25, 0.3) is 5.82 Å². The second kappa shape index (κ2) is 4.22. The van der Waals surface area contributed by atoms with Crippen molar-refractivity contribution in [3.63, 3.8) is 0 Å². The topological polar surface area (TPSA) is 34.0 Å². The molecule has 0 amide bonds. The Morgan fingerprint density at radius 1 is 1.17 bits per heavy atom. The smallest absolute Gasteiger partial charge is 0.294 e. The maximum atomic E-state index is 12.5. The van der Waals surface area contributed by atoms with Crippen LogP contribution in [0.2, 0.25) is 0 Å². The molecule has 0 saturated carbocycles. The zero-order chi connectivity index (χ0) is 13.6. The fourth-order valence-corrected chi connectivity index (χ4v) is 2.11. The van der Waals surface area contributed by atoms with E-state index in [1.54, 1.807) is 0 Å². The van der Waals surface area contributed by atoms with E-state index in [0.29, 0.717) is 25.5 Å². The van der Waals surface area contributed by atoms with Gasteiger partial charge in [0.1, 0.15) is 5.82 Å². The van der Waals surface area contributed by atoms with Gasteiger partial charge < -0.3 is 0 Å². The Kier molecular flexibility index (Phi) is 3.12. The van der Waals surface area contributed by atoms with Gasteiger partial charge in [-0.05, 0) is 5.41 Å². The number of nitrogens with zero attached hydrogens (tertiary/aromatic N) is 4. The first kappa shape index (κ1) is 13.3. The lowest BCUT2D eigenvalue weighted by Gasteiger charge is -2.32. The van der Waals surface area contributed by atoms with E-state index in [2.05, 4.69) is 35.8 Å². The molecule has 0 saturated heterocycles. The van der Waals surface area contributed by atoms with Crippen LogP contribution in [-0.2, 0) is 19.3 Å². The highest BCUT2D eigenvalue weighted by atomic mass is 19.4. The van der Waals surface area contributed by atoms with Gasteiger partial charge in [-0.2, -0.15) is 13.2 Å². The first-order valence-electron chi connectivity index (χ1n) is 5.88. The highest BCUT2D eigenvalue weighted by Crippen LogP contribution is 2.27. The van der Waals surface area contributed by atoms with Crippen LogP contribution in [0, 0.1) is 5.41 Å². The minimum atomic E-state index is -4.46. The minimum Gasteiger partial charge on any atom is -0.294 e. The zero-order valence-electron chi connectivity index (χ0n) is 10.8. The van der Waals surface area contributed by atoms with Crippen LogP contribution >= 0.6 is 0 Å². The molecular formula is C11H17F3N4. The third-order valence-electron chi connectivity index (χ3n) is 2.69. The molecule has 1 aliphatic heterocycles. The fraction of sp³-hybridized carbons (Fsp3) is 0.818. The molecule has 7 heteroatoms. The summed E-state index contributed by atoms with van der Waals surface area (Å²) in [6, 6.07) is 0. The van der Waals surface area contributed by atoms with Gasteiger partial charge in [-0.3, -0.25) is 4.90 Å². The van der Waals surface area contributed by atoms with Crippen LogP contribution in [0.1, 0.15) is 32.4 Å². The van der Waals surface area contributed by atoms with Crippen molar-refractivity contribution in [2.45, 2.75) is 40.0 Å². The molecule has 0 bridgehead atoms. The monoisotopic (exact) mass is 262 g/mol. The first-order chi connectivity index (χ1) is 8.15. The van der Waals surface area contributed by atoms with Crippen molar-refractivity contribution in [2.75, 3.05) is 13.1 Å². The summed E-state index contributed by atoms with van der Waals surface area (Å²) in [5.41, 5.74) is 0.120. The fourth-order valence-electron chi connectivity index (χ4n) is 2.11. The Labute approximate surface area is 104 Å². The van der Waals surface area contributed by atoms with E-state index in [-0.39, 0.29) is 5.41 Å². The summed E-state index contributed by atoms with van der Waals surface area (Å²) in [6.45, 7) is 8.76. The minimum absolute atomic E-state index is 0.120. The molecule has 0 atom stereocenters. The van der Waals surface area contributed by atoms with E-state index in [1.807, 2.05) is 0 Å². The van der Waals surface area contributed by atoms with Crippen molar-refractivity contribution in [3.05, 3.63) is 11.6 Å². The second-order valence-electron chi connectivity index (χ2n) is 5.84. The lowest BCUT2D eigenvalue weighted by Crippen LogP contribution is -2.39. The molecule has 4 nitrogen and oxygen atoms in total. The molecular weight excluding hydrogens is 245 g/mol. The van der Waals surface area contributed by atoms with Crippen LogP contribution in [0.25, 0.3) is 0 Å². The number of hydrogen-bond acceptors (Lipinski definition) is 3. The van der Waals surface area contributed by atoms with Gasteiger partial charge in [-0.1, -0.05) is 20.8 Å². The van der Waals surface area contributed by atoms with Crippen LogP contribution < -0.4 is 0 Å². The van der Waals surface area contributed by atoms with E-state index >= 15 is 0 Å². The summed E-state index contributed by atoms with van der Waals surface area (Å²) in [5.74, 6) is -0.632. The maximum Gasteiger partial charge on any atom is 0.453 e. The highest BCUT2D eigenvalue weighted by molar-refractivity contribution is 4.99. The molecule has 0 unspecified atom stereocenters. The van der Waals surface area contributed by atoms with Gasteiger partial charge in [-0.15, -0.1) is 5.10 Å². The lowest BCUT2D eigenvalue weighted by molar-refractivity contribution is -0.145. The largest absolute Gasteiger partial charge is 0.453 e. The molecule has 1 aromatic rings. The molecule has 18 heavy (non-hydrogen) atoms. The Morgan fingerprint density at radius 2 is 1.83 bits per heavy atom. The van der Waals surface area contributed by atoms with Crippen molar-refractivity contribution in [2.24, 2.45) is 5.41 Å². The van der Waals surface area contributed by atoms with Crippen LogP contribution in [0.3, 0.4) is 0 Å². The van der Waals surface area contributed by atoms with E-state index < -0.39 is 12.0 Å². The van der Waals surface area contributed by atoms with Gasteiger partial charge >= 0.3 is 6.18 Å². The van der Waals surface area contributed by atoms with Gasteiger partial charge in [0, 0.05) is 13.1 Å². The predicted molar refractivity (Wildman–Crippen MR) is 59.8 cm³/mol. The molecule has 0 spiro atoms. The van der Waals surface area contributed by atoms with Gasteiger partial charge in [0.15, 0.2) is 0 Å². The van der Waals surface area contributed by atoms with Gasteiger partial charge in [0.05, 0.1) is 13.1 Å². The summed E-state index contributed by atoms with van der Waals surface area (Å²) < 4.78 is 38.8. The average molecular weight is 262 g/mol. The molecule has 2 heterocycles. The number of halogens is 3. The van der Waals surface area contributed by atoms with Crippen LogP contribution in [0.15, 0.2) is 0 Å². The molecule has 102 valence electrons. The Balaban J connectivity index is 2.13. The number of fused-ring (bicyclic) bond motifs is 1. The van der Waals surface area contributed by atoms with Gasteiger partial charge in [-0.25, -0.2) is 9.67 Å². The summed E-state index contributed by atoms with van der Waals surface area (Å²) in [7, 11) is 0. The summed E-state index contributed by atoms with van der Waals surface area (Å²) >= 11 is 0. The molecule has 0 radical (unpaired) electrons. The van der Waals surface area contributed by atoms with Crippen molar-refractivity contribution in [3.8, 4) is 0 Å². The Hall–Kier alpha value is -1.11. The second-order valence-corrected chi connectivity index (χ2v) is 5.84. The molecule has 1 aromatic heterocycles. The number of hydrogen-bond donors (Lipinski definition) is 0. The van der Waals surface area contributed by atoms with Crippen LogP contribution in [0.4, 0.5) is 13.2 Å². The first-order valence-corrected chi connectivity index (χ1v) is 5.88. The molecule has 2 rings (SSSR count). The van der Waals surface area contributed by atoms with Crippen LogP contribution in [-0.4, -0.2) is 32.8 Å².